The fourth-order valence-electron chi connectivity index (χ4n) is 1.45. The Bertz CT molecular complexity index is 254. The first-order chi connectivity index (χ1) is 6.15. The Morgan fingerprint density at radius 3 is 2.62 bits per heavy atom. The van der Waals surface area contributed by atoms with Crippen molar-refractivity contribution in [2.45, 2.75) is 46.2 Å². The van der Waals surface area contributed by atoms with Crippen molar-refractivity contribution in [1.82, 2.24) is 5.32 Å². The minimum Gasteiger partial charge on any atom is -0.307 e. The number of hydrogen-bond acceptors (Lipinski definition) is 2. The van der Waals surface area contributed by atoms with Crippen LogP contribution in [0.3, 0.4) is 0 Å². The molecule has 0 bridgehead atoms. The molecule has 0 amide bonds. The maximum Gasteiger partial charge on any atom is 0.0390 e. The first-order valence-electron chi connectivity index (χ1n) is 4.95. The third-order valence-electron chi connectivity index (χ3n) is 2.44. The highest BCUT2D eigenvalue weighted by atomic mass is 32.1. The summed E-state index contributed by atoms with van der Waals surface area (Å²) in [5.41, 5.74) is 1.41. The molecule has 0 aliphatic heterocycles. The second kappa shape index (κ2) is 4.77. The van der Waals surface area contributed by atoms with Crippen molar-refractivity contribution in [3.63, 3.8) is 0 Å². The van der Waals surface area contributed by atoms with E-state index in [1.807, 2.05) is 11.3 Å². The van der Waals surface area contributed by atoms with Gasteiger partial charge in [0.25, 0.3) is 0 Å². The van der Waals surface area contributed by atoms with Gasteiger partial charge in [-0.3, -0.25) is 0 Å². The van der Waals surface area contributed by atoms with Crippen LogP contribution in [-0.4, -0.2) is 6.04 Å². The molecule has 2 heteroatoms. The van der Waals surface area contributed by atoms with Crippen LogP contribution in [0.2, 0.25) is 0 Å². The smallest absolute Gasteiger partial charge is 0.0390 e. The quantitative estimate of drug-likeness (QED) is 0.779. The van der Waals surface area contributed by atoms with Crippen molar-refractivity contribution < 1.29 is 0 Å². The first kappa shape index (κ1) is 10.7. The molecule has 0 aliphatic rings. The number of rotatable bonds is 4. The molecule has 0 fully saturated rings. The summed E-state index contributed by atoms with van der Waals surface area (Å²) in [5, 5.41) is 5.75. The Morgan fingerprint density at radius 2 is 2.15 bits per heavy atom. The third kappa shape index (κ3) is 2.82. The van der Waals surface area contributed by atoms with Crippen molar-refractivity contribution in [3.05, 3.63) is 21.9 Å². The molecule has 0 saturated carbocycles. The van der Waals surface area contributed by atoms with Crippen LogP contribution in [0.1, 0.15) is 43.7 Å². The zero-order valence-electron chi connectivity index (χ0n) is 8.92. The topological polar surface area (TPSA) is 12.0 Å². The summed E-state index contributed by atoms with van der Waals surface area (Å²) in [5.74, 6) is 0. The summed E-state index contributed by atoms with van der Waals surface area (Å²) in [6.45, 7) is 8.87. The lowest BCUT2D eigenvalue weighted by Gasteiger charge is -2.18. The molecular weight excluding hydrogens is 178 g/mol. The standard InChI is InChI=1S/C11H19NS/c1-5-9(3)12-10(4)11-8(2)6-7-13-11/h6-7,9-10,12H,5H2,1-4H3. The van der Waals surface area contributed by atoms with Gasteiger partial charge in [-0.25, -0.2) is 0 Å². The van der Waals surface area contributed by atoms with Gasteiger partial charge in [0.1, 0.15) is 0 Å². The van der Waals surface area contributed by atoms with Gasteiger partial charge in [-0.2, -0.15) is 0 Å². The van der Waals surface area contributed by atoms with E-state index < -0.39 is 0 Å². The zero-order chi connectivity index (χ0) is 9.84. The van der Waals surface area contributed by atoms with Crippen LogP contribution in [0, 0.1) is 6.92 Å². The third-order valence-corrected chi connectivity index (χ3v) is 3.64. The normalized spacial score (nSPS) is 15.7. The van der Waals surface area contributed by atoms with Crippen LogP contribution in [0.5, 0.6) is 0 Å². The Balaban J connectivity index is 2.58. The van der Waals surface area contributed by atoms with Gasteiger partial charge >= 0.3 is 0 Å². The zero-order valence-corrected chi connectivity index (χ0v) is 9.74. The highest BCUT2D eigenvalue weighted by Gasteiger charge is 2.10. The monoisotopic (exact) mass is 197 g/mol. The molecule has 13 heavy (non-hydrogen) atoms. The maximum atomic E-state index is 3.58. The van der Waals surface area contributed by atoms with E-state index in [2.05, 4.69) is 44.5 Å². The van der Waals surface area contributed by atoms with Gasteiger partial charge < -0.3 is 5.32 Å². The van der Waals surface area contributed by atoms with Gasteiger partial charge in [-0.1, -0.05) is 6.92 Å². The van der Waals surface area contributed by atoms with E-state index in [4.69, 9.17) is 0 Å². The van der Waals surface area contributed by atoms with Gasteiger partial charge in [0.05, 0.1) is 0 Å². The summed E-state index contributed by atoms with van der Waals surface area (Å²) in [7, 11) is 0. The van der Waals surface area contributed by atoms with Gasteiger partial charge in [0.15, 0.2) is 0 Å². The van der Waals surface area contributed by atoms with Crippen molar-refractivity contribution in [2.75, 3.05) is 0 Å². The second-order valence-electron chi connectivity index (χ2n) is 3.67. The van der Waals surface area contributed by atoms with Crippen molar-refractivity contribution in [1.29, 1.82) is 0 Å². The average Bonchev–Trinajstić information content (AvgIpc) is 2.51. The van der Waals surface area contributed by atoms with E-state index >= 15 is 0 Å². The van der Waals surface area contributed by atoms with Crippen molar-refractivity contribution >= 4 is 11.3 Å². The fourth-order valence-corrected chi connectivity index (χ4v) is 2.39. The summed E-state index contributed by atoms with van der Waals surface area (Å²) in [6.07, 6.45) is 1.19. The molecular formula is C11H19NS. The molecule has 74 valence electrons. The summed E-state index contributed by atoms with van der Waals surface area (Å²) < 4.78 is 0. The van der Waals surface area contributed by atoms with Gasteiger partial charge in [0.2, 0.25) is 0 Å². The van der Waals surface area contributed by atoms with E-state index in [0.717, 1.165) is 0 Å². The number of hydrogen-bond donors (Lipinski definition) is 1. The lowest BCUT2D eigenvalue weighted by Crippen LogP contribution is -2.27. The van der Waals surface area contributed by atoms with Crippen LogP contribution >= 0.6 is 11.3 Å². The Kier molecular flexibility index (Phi) is 3.94. The molecule has 1 N–H and O–H groups in total. The van der Waals surface area contributed by atoms with Crippen LogP contribution in [0.25, 0.3) is 0 Å². The number of nitrogens with one attached hydrogen (secondary N) is 1. The molecule has 1 heterocycles. The maximum absolute atomic E-state index is 3.58. The Labute approximate surface area is 85.2 Å². The first-order valence-corrected chi connectivity index (χ1v) is 5.83. The van der Waals surface area contributed by atoms with E-state index in [0.29, 0.717) is 12.1 Å². The largest absolute Gasteiger partial charge is 0.307 e. The minimum atomic E-state index is 0.495. The predicted molar refractivity (Wildman–Crippen MR) is 60.4 cm³/mol. The Hall–Kier alpha value is -0.340. The van der Waals surface area contributed by atoms with E-state index in [9.17, 15) is 0 Å². The molecule has 1 aromatic rings. The molecule has 2 unspecified atom stereocenters. The van der Waals surface area contributed by atoms with Gasteiger partial charge in [-0.05, 0) is 44.2 Å². The highest BCUT2D eigenvalue weighted by Crippen LogP contribution is 2.23. The molecule has 0 aromatic carbocycles. The second-order valence-corrected chi connectivity index (χ2v) is 4.61. The molecule has 0 saturated heterocycles. The van der Waals surface area contributed by atoms with Crippen LogP contribution < -0.4 is 5.32 Å². The average molecular weight is 197 g/mol. The predicted octanol–water partition coefficient (Wildman–Crippen LogP) is 3.51. The van der Waals surface area contributed by atoms with Crippen LogP contribution in [-0.2, 0) is 0 Å². The van der Waals surface area contributed by atoms with Gasteiger partial charge in [-0.15, -0.1) is 11.3 Å². The molecule has 0 radical (unpaired) electrons. The van der Waals surface area contributed by atoms with E-state index in [-0.39, 0.29) is 0 Å². The van der Waals surface area contributed by atoms with Crippen LogP contribution in [0.4, 0.5) is 0 Å². The molecule has 1 rings (SSSR count). The highest BCUT2D eigenvalue weighted by molar-refractivity contribution is 7.10. The van der Waals surface area contributed by atoms with E-state index in [1.165, 1.54) is 16.9 Å². The summed E-state index contributed by atoms with van der Waals surface area (Å²) in [4.78, 5) is 1.47. The molecule has 1 aromatic heterocycles. The number of aryl methyl sites for hydroxylation is 1. The molecule has 0 spiro atoms. The fraction of sp³-hybridized carbons (Fsp3) is 0.636. The summed E-state index contributed by atoms with van der Waals surface area (Å²) in [6, 6.07) is 3.29. The van der Waals surface area contributed by atoms with E-state index in [1.54, 1.807) is 0 Å². The summed E-state index contributed by atoms with van der Waals surface area (Å²) >= 11 is 1.85. The molecule has 2 atom stereocenters. The molecule has 0 aliphatic carbocycles. The lowest BCUT2D eigenvalue weighted by atomic mass is 10.1. The SMILES string of the molecule is CCC(C)NC(C)c1sccc1C. The van der Waals surface area contributed by atoms with Gasteiger partial charge in [0, 0.05) is 17.0 Å². The van der Waals surface area contributed by atoms with Crippen molar-refractivity contribution in [3.8, 4) is 0 Å². The minimum absolute atomic E-state index is 0.495. The molecule has 1 nitrogen and oxygen atoms in total. The van der Waals surface area contributed by atoms with Crippen LogP contribution in [0.15, 0.2) is 11.4 Å². The van der Waals surface area contributed by atoms with Crippen molar-refractivity contribution in [2.24, 2.45) is 0 Å². The number of thiophene rings is 1. The Morgan fingerprint density at radius 1 is 1.46 bits per heavy atom. The lowest BCUT2D eigenvalue weighted by molar-refractivity contribution is 0.473.